The summed E-state index contributed by atoms with van der Waals surface area (Å²) in [6.45, 7) is 14.7. The molecule has 5 rings (SSSR count). The third-order valence-corrected chi connectivity index (χ3v) is 12.2. The normalized spacial score (nSPS) is 19.2. The maximum atomic E-state index is 13.9. The molecule has 45 heavy (non-hydrogen) atoms. The molecule has 2 aromatic rings. The number of benzene rings is 1. The van der Waals surface area contributed by atoms with Crippen LogP contribution in [0.25, 0.3) is 0 Å². The first-order chi connectivity index (χ1) is 21.6. The predicted octanol–water partition coefficient (Wildman–Crippen LogP) is 5.62. The van der Waals surface area contributed by atoms with E-state index in [0.29, 0.717) is 40.3 Å². The Hall–Kier alpha value is -3.37. The number of rotatable bonds is 11. The first-order valence-electron chi connectivity index (χ1n) is 16.2. The zero-order valence-corrected chi connectivity index (χ0v) is 28.5. The van der Waals surface area contributed by atoms with Crippen molar-refractivity contribution >= 4 is 21.5 Å². The molecule has 0 bridgehead atoms. The van der Waals surface area contributed by atoms with Gasteiger partial charge < -0.3 is 19.4 Å². The van der Waals surface area contributed by atoms with Gasteiger partial charge in [0.25, 0.3) is 0 Å². The number of nitrogens with zero attached hydrogens (tertiary/aromatic N) is 6. The Morgan fingerprint density at radius 3 is 2.22 bits per heavy atom. The van der Waals surface area contributed by atoms with E-state index in [1.165, 1.54) is 18.5 Å². The highest BCUT2D eigenvalue weighted by atomic mass is 32.2. The summed E-state index contributed by atoms with van der Waals surface area (Å²) in [7, 11) is -0.0591. The number of piperidine rings is 2. The number of aliphatic imine (C=N–C) groups is 1. The van der Waals surface area contributed by atoms with E-state index in [9.17, 15) is 8.42 Å². The first-order valence-corrected chi connectivity index (χ1v) is 17.7. The third kappa shape index (κ3) is 7.55. The molecule has 0 N–H and O–H groups in total. The van der Waals surface area contributed by atoms with E-state index < -0.39 is 10.0 Å². The highest BCUT2D eigenvalue weighted by Gasteiger charge is 2.40. The van der Waals surface area contributed by atoms with Crippen LogP contribution in [0.5, 0.6) is 5.75 Å². The van der Waals surface area contributed by atoms with Gasteiger partial charge in [-0.25, -0.2) is 13.4 Å². The van der Waals surface area contributed by atoms with Crippen LogP contribution in [0.4, 0.5) is 5.69 Å². The second-order valence-electron chi connectivity index (χ2n) is 13.0. The summed E-state index contributed by atoms with van der Waals surface area (Å²) in [5.41, 5.74) is 3.09. The van der Waals surface area contributed by atoms with Gasteiger partial charge >= 0.3 is 0 Å². The molecule has 1 aliphatic carbocycles. The first kappa shape index (κ1) is 33.0. The molecule has 3 fully saturated rings. The van der Waals surface area contributed by atoms with Crippen molar-refractivity contribution in [2.24, 2.45) is 10.4 Å². The van der Waals surface area contributed by atoms with Crippen molar-refractivity contribution in [1.29, 1.82) is 0 Å². The Bertz CT molecular complexity index is 1480. The van der Waals surface area contributed by atoms with Crippen LogP contribution >= 0.6 is 0 Å². The van der Waals surface area contributed by atoms with Crippen molar-refractivity contribution in [3.63, 3.8) is 0 Å². The van der Waals surface area contributed by atoms with Crippen molar-refractivity contribution in [3.8, 4) is 5.75 Å². The molecule has 0 unspecified atom stereocenters. The lowest BCUT2D eigenvalue weighted by atomic mass is 9.71. The number of ether oxygens (including phenoxy) is 1. The number of hydrogen-bond acceptors (Lipinski definition) is 7. The van der Waals surface area contributed by atoms with Crippen LogP contribution in [0.2, 0.25) is 0 Å². The van der Waals surface area contributed by atoms with Crippen molar-refractivity contribution in [1.82, 2.24) is 19.1 Å². The SMILES string of the molecule is C=C/C=C(\N=C(C)N(C)CCN(C1CC1)S(=O)(=O)c1c(C)cc(OC)cc1C)N1CCC2(CC1)CCN(c1ccncc1)CC2. The van der Waals surface area contributed by atoms with Crippen LogP contribution in [0.1, 0.15) is 56.6 Å². The van der Waals surface area contributed by atoms with E-state index in [2.05, 4.69) is 38.4 Å². The highest BCUT2D eigenvalue weighted by molar-refractivity contribution is 7.89. The van der Waals surface area contributed by atoms with Crippen molar-refractivity contribution in [2.45, 2.75) is 70.2 Å². The number of likely N-dealkylation sites (N-methyl/N-ethyl adjacent to an activating group) is 1. The summed E-state index contributed by atoms with van der Waals surface area (Å²) in [4.78, 5) is 16.5. The molecule has 0 radical (unpaired) electrons. The van der Waals surface area contributed by atoms with Gasteiger partial charge in [0.1, 0.15) is 17.4 Å². The molecule has 0 atom stereocenters. The van der Waals surface area contributed by atoms with E-state index in [0.717, 1.165) is 63.5 Å². The molecule has 2 saturated heterocycles. The average molecular weight is 635 g/mol. The minimum absolute atomic E-state index is 0.0509. The van der Waals surface area contributed by atoms with E-state index in [1.54, 1.807) is 23.5 Å². The zero-order valence-electron chi connectivity index (χ0n) is 27.7. The second-order valence-corrected chi connectivity index (χ2v) is 14.8. The summed E-state index contributed by atoms with van der Waals surface area (Å²) in [5, 5.41) is 0. The van der Waals surface area contributed by atoms with Crippen LogP contribution in [0.3, 0.4) is 0 Å². The highest BCUT2D eigenvalue weighted by Crippen LogP contribution is 2.43. The zero-order chi connectivity index (χ0) is 32.2. The number of hydrogen-bond donors (Lipinski definition) is 0. The fourth-order valence-corrected chi connectivity index (χ4v) is 8.99. The van der Waals surface area contributed by atoms with E-state index in [4.69, 9.17) is 9.73 Å². The molecule has 244 valence electrons. The number of sulfonamides is 1. The lowest BCUT2D eigenvalue weighted by Gasteiger charge is -2.48. The van der Waals surface area contributed by atoms with E-state index in [-0.39, 0.29) is 6.04 Å². The van der Waals surface area contributed by atoms with Crippen LogP contribution in [-0.2, 0) is 10.0 Å². The molecule has 3 aliphatic rings. The largest absolute Gasteiger partial charge is 0.497 e. The minimum atomic E-state index is -3.65. The quantitative estimate of drug-likeness (QED) is 0.180. The van der Waals surface area contributed by atoms with Crippen LogP contribution in [-0.4, -0.2) is 92.8 Å². The Morgan fingerprint density at radius 1 is 1.07 bits per heavy atom. The Morgan fingerprint density at radius 2 is 1.67 bits per heavy atom. The fraction of sp³-hybridized carbons (Fsp3) is 0.543. The molecule has 0 amide bonds. The third-order valence-electron chi connectivity index (χ3n) is 9.94. The van der Waals surface area contributed by atoms with Gasteiger partial charge in [-0.3, -0.25) is 4.98 Å². The Balaban J connectivity index is 1.20. The number of aryl methyl sites for hydroxylation is 2. The Labute approximate surface area is 270 Å². The molecular formula is C35H50N6O3S. The standard InChI is InChI=1S/C35H50N6O3S/c1-7-8-33(40-21-15-35(16-22-40)13-19-39(20-14-35)30-11-17-36-18-12-30)37-29(4)38(5)23-24-41(31-9-10-31)45(42,43)34-27(2)25-32(44-6)26-28(34)3/h7-8,11-12,17-18,25-26,31H,1,9-10,13-16,19-24H2,2-6H3/b33-8+,37-29?. The van der Waals surface area contributed by atoms with Crippen LogP contribution in [0.15, 0.2) is 71.1 Å². The number of aromatic nitrogens is 1. The van der Waals surface area contributed by atoms with Gasteiger partial charge in [0.2, 0.25) is 10.0 Å². The van der Waals surface area contributed by atoms with Crippen molar-refractivity contribution < 1.29 is 13.2 Å². The molecule has 9 nitrogen and oxygen atoms in total. The number of amidine groups is 1. The number of likely N-dealkylation sites (tertiary alicyclic amines) is 1. The average Bonchev–Trinajstić information content (AvgIpc) is 3.86. The smallest absolute Gasteiger partial charge is 0.243 e. The molecule has 1 saturated carbocycles. The van der Waals surface area contributed by atoms with Crippen molar-refractivity contribution in [2.75, 3.05) is 58.3 Å². The van der Waals surface area contributed by atoms with Gasteiger partial charge in [0.15, 0.2) is 0 Å². The molecule has 10 heteroatoms. The van der Waals surface area contributed by atoms with Gasteiger partial charge in [-0.05, 0) is 106 Å². The minimum Gasteiger partial charge on any atom is -0.497 e. The molecular weight excluding hydrogens is 584 g/mol. The maximum Gasteiger partial charge on any atom is 0.243 e. The molecule has 1 spiro atoms. The summed E-state index contributed by atoms with van der Waals surface area (Å²) in [6.07, 6.45) is 14.1. The Kier molecular flexibility index (Phi) is 10.2. The fourth-order valence-electron chi connectivity index (χ4n) is 6.90. The van der Waals surface area contributed by atoms with E-state index >= 15 is 0 Å². The lowest BCUT2D eigenvalue weighted by molar-refractivity contribution is 0.0974. The topological polar surface area (TPSA) is 81.6 Å². The second kappa shape index (κ2) is 14.0. The molecule has 3 heterocycles. The van der Waals surface area contributed by atoms with Gasteiger partial charge in [-0.2, -0.15) is 4.31 Å². The van der Waals surface area contributed by atoms with Crippen LogP contribution in [0, 0.1) is 19.3 Å². The number of pyridine rings is 1. The van der Waals surface area contributed by atoms with E-state index in [1.807, 2.05) is 52.4 Å². The summed E-state index contributed by atoms with van der Waals surface area (Å²) in [6, 6.07) is 7.87. The number of anilines is 1. The molecule has 2 aliphatic heterocycles. The van der Waals surface area contributed by atoms with Crippen LogP contribution < -0.4 is 9.64 Å². The number of allylic oxidation sites excluding steroid dienone is 2. The summed E-state index contributed by atoms with van der Waals surface area (Å²) < 4.78 is 34.9. The van der Waals surface area contributed by atoms with Gasteiger partial charge in [-0.1, -0.05) is 12.7 Å². The van der Waals surface area contributed by atoms with Gasteiger partial charge in [0.05, 0.1) is 12.0 Å². The maximum absolute atomic E-state index is 13.9. The predicted molar refractivity (Wildman–Crippen MR) is 182 cm³/mol. The number of methoxy groups -OCH3 is 1. The van der Waals surface area contributed by atoms with Gasteiger partial charge in [-0.15, -0.1) is 0 Å². The summed E-state index contributed by atoms with van der Waals surface area (Å²) >= 11 is 0. The molecule has 1 aromatic heterocycles. The monoisotopic (exact) mass is 634 g/mol. The summed E-state index contributed by atoms with van der Waals surface area (Å²) in [5.74, 6) is 2.46. The van der Waals surface area contributed by atoms with Gasteiger partial charge in [0, 0.05) is 70.4 Å². The molecule has 1 aromatic carbocycles. The lowest BCUT2D eigenvalue weighted by Crippen LogP contribution is -2.46. The van der Waals surface area contributed by atoms with Crippen molar-refractivity contribution in [3.05, 3.63) is 72.3 Å².